The van der Waals surface area contributed by atoms with Gasteiger partial charge in [0.05, 0.1) is 11.3 Å². The summed E-state index contributed by atoms with van der Waals surface area (Å²) in [6, 6.07) is 6.96. The van der Waals surface area contributed by atoms with Crippen LogP contribution in [0.2, 0.25) is 0 Å². The zero-order valence-electron chi connectivity index (χ0n) is 12.3. The number of aliphatic carboxylic acids is 1. The Hall–Kier alpha value is -2.28. The molecule has 116 valence electrons. The van der Waals surface area contributed by atoms with Gasteiger partial charge >= 0.3 is 5.97 Å². The monoisotopic (exact) mass is 319 g/mol. The lowest BCUT2D eigenvalue weighted by molar-refractivity contribution is -0.133. The fraction of sp³-hybridized carbons (Fsp3) is 0.267. The number of aliphatic imine (C=N–C) groups is 1. The Kier molecular flexibility index (Phi) is 4.87. The number of aryl methyl sites for hydroxylation is 1. The van der Waals surface area contributed by atoms with Crippen LogP contribution in [0.1, 0.15) is 24.1 Å². The van der Waals surface area contributed by atoms with Gasteiger partial charge in [0.15, 0.2) is 5.17 Å². The molecule has 0 bridgehead atoms. The molecule has 0 saturated heterocycles. The molecule has 1 aliphatic heterocycles. The number of hydrogen-bond donors (Lipinski definition) is 3. The molecule has 0 radical (unpaired) electrons. The Morgan fingerprint density at radius 1 is 1.41 bits per heavy atom. The minimum Gasteiger partial charge on any atom is -0.478 e. The number of amidine groups is 1. The van der Waals surface area contributed by atoms with Gasteiger partial charge in [-0.05, 0) is 19.4 Å². The highest BCUT2D eigenvalue weighted by Gasteiger charge is 2.29. The number of carbonyl (C=O) groups excluding carboxylic acids is 1. The van der Waals surface area contributed by atoms with Gasteiger partial charge in [0.2, 0.25) is 5.91 Å². The van der Waals surface area contributed by atoms with E-state index in [9.17, 15) is 14.7 Å². The first-order chi connectivity index (χ1) is 10.4. The highest BCUT2D eigenvalue weighted by Crippen LogP contribution is 2.32. The number of nitrogens with two attached hydrogens (primary N) is 1. The van der Waals surface area contributed by atoms with Crippen molar-refractivity contribution in [2.45, 2.75) is 19.9 Å². The van der Waals surface area contributed by atoms with Crippen molar-refractivity contribution >= 4 is 28.8 Å². The summed E-state index contributed by atoms with van der Waals surface area (Å²) in [5.74, 6) is -1.38. The van der Waals surface area contributed by atoms with Gasteiger partial charge in [0, 0.05) is 5.70 Å². The lowest BCUT2D eigenvalue weighted by Crippen LogP contribution is -2.30. The number of carbonyl (C=O) groups is 2. The summed E-state index contributed by atoms with van der Waals surface area (Å²) < 4.78 is 0. The van der Waals surface area contributed by atoms with Crippen molar-refractivity contribution in [2.75, 3.05) is 5.75 Å². The third-order valence-corrected chi connectivity index (χ3v) is 4.07. The number of benzene rings is 1. The highest BCUT2D eigenvalue weighted by atomic mass is 32.2. The highest BCUT2D eigenvalue weighted by molar-refractivity contribution is 8.14. The molecule has 6 nitrogen and oxygen atoms in total. The number of nitrogens with zero attached hydrogens (tertiary/aromatic N) is 1. The predicted octanol–water partition coefficient (Wildman–Crippen LogP) is 1.57. The third-order valence-electron chi connectivity index (χ3n) is 3.16. The number of amides is 1. The molecule has 1 aliphatic rings. The molecule has 0 saturated carbocycles. The largest absolute Gasteiger partial charge is 0.478 e. The quantitative estimate of drug-likeness (QED) is 0.781. The molecule has 1 unspecified atom stereocenters. The number of allylic oxidation sites excluding steroid dienone is 1. The predicted molar refractivity (Wildman–Crippen MR) is 86.5 cm³/mol. The summed E-state index contributed by atoms with van der Waals surface area (Å²) in [6.45, 7) is 3.62. The van der Waals surface area contributed by atoms with Crippen LogP contribution in [-0.4, -0.2) is 27.9 Å². The van der Waals surface area contributed by atoms with Gasteiger partial charge in [0.25, 0.3) is 0 Å². The number of carboxylic acid groups (broad SMARTS) is 1. The van der Waals surface area contributed by atoms with Crippen LogP contribution in [0.15, 0.2) is 40.5 Å². The summed E-state index contributed by atoms with van der Waals surface area (Å²) in [4.78, 5) is 26.9. The van der Waals surface area contributed by atoms with E-state index in [4.69, 9.17) is 5.73 Å². The molecular formula is C15H17N3O3S. The second-order valence-corrected chi connectivity index (χ2v) is 5.94. The summed E-state index contributed by atoms with van der Waals surface area (Å²) in [7, 11) is 0. The Labute approximate surface area is 132 Å². The van der Waals surface area contributed by atoms with Crippen LogP contribution in [0.4, 0.5) is 0 Å². The number of nitrogens with one attached hydrogen (secondary N) is 1. The summed E-state index contributed by atoms with van der Waals surface area (Å²) in [5, 5.41) is 12.9. The first-order valence-corrected chi connectivity index (χ1v) is 7.63. The van der Waals surface area contributed by atoms with Crippen molar-refractivity contribution in [2.24, 2.45) is 10.7 Å². The van der Waals surface area contributed by atoms with Crippen LogP contribution in [-0.2, 0) is 9.59 Å². The van der Waals surface area contributed by atoms with E-state index < -0.39 is 17.9 Å². The molecule has 0 aliphatic carbocycles. The van der Waals surface area contributed by atoms with Gasteiger partial charge in [0.1, 0.15) is 6.04 Å². The third kappa shape index (κ3) is 3.67. The molecule has 4 N–H and O–H groups in total. The zero-order chi connectivity index (χ0) is 16.3. The average Bonchev–Trinajstić information content (AvgIpc) is 2.44. The van der Waals surface area contributed by atoms with Gasteiger partial charge in [-0.15, -0.1) is 0 Å². The minimum atomic E-state index is -1.01. The van der Waals surface area contributed by atoms with Crippen LogP contribution in [0, 0.1) is 6.92 Å². The molecule has 0 fully saturated rings. The molecule has 0 spiro atoms. The van der Waals surface area contributed by atoms with Crippen LogP contribution in [0.3, 0.4) is 0 Å². The van der Waals surface area contributed by atoms with Gasteiger partial charge in [-0.1, -0.05) is 41.6 Å². The second kappa shape index (κ2) is 6.65. The van der Waals surface area contributed by atoms with E-state index in [-0.39, 0.29) is 11.3 Å². The number of primary amides is 1. The number of hydrogen-bond acceptors (Lipinski definition) is 5. The first kappa shape index (κ1) is 16.1. The van der Waals surface area contributed by atoms with Crippen LogP contribution >= 0.6 is 11.8 Å². The second-order valence-electron chi connectivity index (χ2n) is 4.97. The standard InChI is InChI=1S/C15H17N3O3S/c1-8-4-3-5-10(6-8)13-12(14(20)21)9(2)17-15(18-13)22-7-11(16)19/h3-6,13H,7H2,1-2H3,(H2,16,19)(H,17,18)(H,20,21). The number of rotatable bonds is 4. The lowest BCUT2D eigenvalue weighted by atomic mass is 9.95. The molecule has 1 heterocycles. The summed E-state index contributed by atoms with van der Waals surface area (Å²) >= 11 is 1.16. The van der Waals surface area contributed by atoms with Crippen molar-refractivity contribution in [1.29, 1.82) is 0 Å². The van der Waals surface area contributed by atoms with Crippen LogP contribution < -0.4 is 11.1 Å². The molecule has 2 rings (SSSR count). The minimum absolute atomic E-state index is 0.0854. The number of carboxylic acids is 1. The Morgan fingerprint density at radius 2 is 2.14 bits per heavy atom. The normalized spacial score (nSPS) is 17.7. The maximum atomic E-state index is 11.6. The van der Waals surface area contributed by atoms with E-state index in [2.05, 4.69) is 10.3 Å². The fourth-order valence-electron chi connectivity index (χ4n) is 2.22. The van der Waals surface area contributed by atoms with Gasteiger partial charge in [-0.25, -0.2) is 9.79 Å². The lowest BCUT2D eigenvalue weighted by Gasteiger charge is -2.24. The van der Waals surface area contributed by atoms with Crippen molar-refractivity contribution in [3.63, 3.8) is 0 Å². The Morgan fingerprint density at radius 3 is 2.73 bits per heavy atom. The molecule has 1 aromatic rings. The summed E-state index contributed by atoms with van der Waals surface area (Å²) in [5.41, 5.74) is 7.68. The van der Waals surface area contributed by atoms with Gasteiger partial charge in [-0.3, -0.25) is 4.79 Å². The number of thioether (sulfide) groups is 1. The average molecular weight is 319 g/mol. The molecule has 7 heteroatoms. The maximum Gasteiger partial charge on any atom is 0.335 e. The summed E-state index contributed by atoms with van der Waals surface area (Å²) in [6.07, 6.45) is 0. The van der Waals surface area contributed by atoms with E-state index in [0.29, 0.717) is 10.9 Å². The molecule has 0 aromatic heterocycles. The van der Waals surface area contributed by atoms with E-state index in [1.165, 1.54) is 0 Å². The van der Waals surface area contributed by atoms with E-state index in [0.717, 1.165) is 22.9 Å². The topological polar surface area (TPSA) is 105 Å². The molecule has 1 amide bonds. The van der Waals surface area contributed by atoms with E-state index in [1.54, 1.807) is 6.92 Å². The molecular weight excluding hydrogens is 302 g/mol. The van der Waals surface area contributed by atoms with Crippen molar-refractivity contribution in [1.82, 2.24) is 5.32 Å². The zero-order valence-corrected chi connectivity index (χ0v) is 13.1. The smallest absolute Gasteiger partial charge is 0.335 e. The van der Waals surface area contributed by atoms with Crippen LogP contribution in [0.25, 0.3) is 0 Å². The SMILES string of the molecule is CC1=C(C(=O)O)C(c2cccc(C)c2)N=C(SCC(N)=O)N1. The van der Waals surface area contributed by atoms with Crippen molar-refractivity contribution < 1.29 is 14.7 Å². The van der Waals surface area contributed by atoms with Crippen molar-refractivity contribution in [3.8, 4) is 0 Å². The van der Waals surface area contributed by atoms with Gasteiger partial charge < -0.3 is 16.2 Å². The molecule has 22 heavy (non-hydrogen) atoms. The fourth-order valence-corrected chi connectivity index (χ4v) is 2.90. The Balaban J connectivity index is 2.40. The Bertz CT molecular complexity index is 682. The first-order valence-electron chi connectivity index (χ1n) is 6.65. The van der Waals surface area contributed by atoms with Gasteiger partial charge in [-0.2, -0.15) is 0 Å². The van der Waals surface area contributed by atoms with Crippen LogP contribution in [0.5, 0.6) is 0 Å². The van der Waals surface area contributed by atoms with Crippen molar-refractivity contribution in [3.05, 3.63) is 46.7 Å². The maximum absolute atomic E-state index is 11.6. The van der Waals surface area contributed by atoms with E-state index >= 15 is 0 Å². The van der Waals surface area contributed by atoms with E-state index in [1.807, 2.05) is 31.2 Å². The molecule has 1 atom stereocenters. The molecule has 1 aromatic carbocycles.